The van der Waals surface area contributed by atoms with Crippen LogP contribution in [0.2, 0.25) is 0 Å². The van der Waals surface area contributed by atoms with Crippen molar-refractivity contribution in [1.29, 1.82) is 0 Å². The molecule has 0 spiro atoms. The molecule has 0 radical (unpaired) electrons. The van der Waals surface area contributed by atoms with E-state index in [4.69, 9.17) is 4.74 Å². The molecular formula is C22H35BrN2O2. The van der Waals surface area contributed by atoms with Gasteiger partial charge in [0.2, 0.25) is 0 Å². The van der Waals surface area contributed by atoms with Crippen LogP contribution in [0.5, 0.6) is 5.75 Å². The molecule has 2 rings (SSSR count). The Labute approximate surface area is 173 Å². The lowest BCUT2D eigenvalue weighted by Crippen LogP contribution is -2.33. The summed E-state index contributed by atoms with van der Waals surface area (Å²) in [7, 11) is 0. The van der Waals surface area contributed by atoms with E-state index in [9.17, 15) is 4.79 Å². The summed E-state index contributed by atoms with van der Waals surface area (Å²) in [6, 6.07) is 7.31. The van der Waals surface area contributed by atoms with Crippen LogP contribution in [0.1, 0.15) is 58.8 Å². The maximum atomic E-state index is 11.9. The number of amides is 1. The van der Waals surface area contributed by atoms with Gasteiger partial charge in [0.1, 0.15) is 5.75 Å². The fourth-order valence-electron chi connectivity index (χ4n) is 3.91. The van der Waals surface area contributed by atoms with Crippen molar-refractivity contribution in [3.8, 4) is 5.75 Å². The van der Waals surface area contributed by atoms with Gasteiger partial charge in [-0.05, 0) is 75.0 Å². The van der Waals surface area contributed by atoms with Gasteiger partial charge in [0, 0.05) is 11.0 Å². The number of carbonyl (C=O) groups is 1. The molecule has 1 amide bonds. The third kappa shape index (κ3) is 8.65. The zero-order valence-electron chi connectivity index (χ0n) is 16.9. The van der Waals surface area contributed by atoms with Crippen LogP contribution in [-0.2, 0) is 0 Å². The summed E-state index contributed by atoms with van der Waals surface area (Å²) >= 11 is 3.37. The van der Waals surface area contributed by atoms with Gasteiger partial charge in [-0.1, -0.05) is 55.5 Å². The van der Waals surface area contributed by atoms with Crippen LogP contribution in [0, 0.1) is 11.8 Å². The quantitative estimate of drug-likeness (QED) is 0.465. The molecule has 1 fully saturated rings. The predicted octanol–water partition coefficient (Wildman–Crippen LogP) is 5.86. The van der Waals surface area contributed by atoms with Gasteiger partial charge in [-0.3, -0.25) is 0 Å². The van der Waals surface area contributed by atoms with Crippen molar-refractivity contribution in [2.24, 2.45) is 11.8 Å². The highest BCUT2D eigenvalue weighted by molar-refractivity contribution is 9.10. The zero-order chi connectivity index (χ0) is 19.5. The summed E-state index contributed by atoms with van der Waals surface area (Å²) in [5, 5.41) is 2.93. The summed E-state index contributed by atoms with van der Waals surface area (Å²) in [6.45, 7) is 8.79. The fraction of sp³-hybridized carbons (Fsp3) is 0.682. The fourth-order valence-corrected chi connectivity index (χ4v) is 4.17. The average Bonchev–Trinajstić information content (AvgIpc) is 2.69. The van der Waals surface area contributed by atoms with Crippen LogP contribution in [0.25, 0.3) is 0 Å². The third-order valence-corrected chi connectivity index (χ3v) is 6.29. The minimum atomic E-state index is -0.351. The number of ether oxygens (including phenoxy) is 1. The second-order valence-corrected chi connectivity index (χ2v) is 8.55. The Morgan fingerprint density at radius 2 is 1.70 bits per heavy atom. The van der Waals surface area contributed by atoms with Gasteiger partial charge in [0.15, 0.2) is 0 Å². The number of halogens is 1. The van der Waals surface area contributed by atoms with Crippen LogP contribution in [0.4, 0.5) is 4.79 Å². The topological polar surface area (TPSA) is 41.6 Å². The molecular weight excluding hydrogens is 404 g/mol. The number of benzene rings is 1. The van der Waals surface area contributed by atoms with E-state index in [1.807, 2.05) is 12.1 Å². The molecule has 0 saturated heterocycles. The van der Waals surface area contributed by atoms with E-state index in [1.165, 1.54) is 64.6 Å². The zero-order valence-corrected chi connectivity index (χ0v) is 18.5. The minimum absolute atomic E-state index is 0.351. The highest BCUT2D eigenvalue weighted by Gasteiger charge is 2.21. The Kier molecular flexibility index (Phi) is 10.2. The number of hydrogen-bond donors (Lipinski definition) is 1. The van der Waals surface area contributed by atoms with Crippen molar-refractivity contribution in [3.63, 3.8) is 0 Å². The van der Waals surface area contributed by atoms with Crippen LogP contribution in [0.15, 0.2) is 28.7 Å². The lowest BCUT2D eigenvalue weighted by Gasteiger charge is -2.28. The first-order valence-electron chi connectivity index (χ1n) is 10.5. The van der Waals surface area contributed by atoms with Crippen LogP contribution < -0.4 is 10.1 Å². The maximum Gasteiger partial charge on any atom is 0.412 e. The maximum absolute atomic E-state index is 11.9. The van der Waals surface area contributed by atoms with Crippen molar-refractivity contribution in [1.82, 2.24) is 10.2 Å². The van der Waals surface area contributed by atoms with Gasteiger partial charge in [0.05, 0.1) is 0 Å². The van der Waals surface area contributed by atoms with E-state index in [1.54, 1.807) is 12.1 Å². The summed E-state index contributed by atoms with van der Waals surface area (Å²) in [4.78, 5) is 14.4. The summed E-state index contributed by atoms with van der Waals surface area (Å²) in [6.07, 6.45) is 8.75. The van der Waals surface area contributed by atoms with Gasteiger partial charge in [-0.2, -0.15) is 0 Å². The van der Waals surface area contributed by atoms with E-state index in [0.717, 1.165) is 16.9 Å². The monoisotopic (exact) mass is 438 g/mol. The summed E-state index contributed by atoms with van der Waals surface area (Å²) in [5.74, 6) is 2.05. The Hall–Kier alpha value is -1.07. The Balaban J connectivity index is 1.55. The van der Waals surface area contributed by atoms with E-state index in [0.29, 0.717) is 11.7 Å². The number of rotatable bonds is 10. The van der Waals surface area contributed by atoms with Crippen molar-refractivity contribution >= 4 is 22.0 Å². The van der Waals surface area contributed by atoms with Gasteiger partial charge >= 0.3 is 6.09 Å². The number of unbranched alkanes of at least 4 members (excludes halogenated alkanes) is 1. The SMILES string of the molecule is CCN(CC)CCCCC1CCC(CNC(=O)Oc2ccc(Br)cc2)CC1. The lowest BCUT2D eigenvalue weighted by atomic mass is 9.80. The van der Waals surface area contributed by atoms with E-state index < -0.39 is 0 Å². The van der Waals surface area contributed by atoms with E-state index >= 15 is 0 Å². The molecule has 4 nitrogen and oxygen atoms in total. The van der Waals surface area contributed by atoms with Crippen LogP contribution in [0.3, 0.4) is 0 Å². The van der Waals surface area contributed by atoms with Crippen molar-refractivity contribution in [3.05, 3.63) is 28.7 Å². The van der Waals surface area contributed by atoms with Crippen molar-refractivity contribution in [2.75, 3.05) is 26.2 Å². The Morgan fingerprint density at radius 1 is 1.07 bits per heavy atom. The number of nitrogens with one attached hydrogen (secondary N) is 1. The highest BCUT2D eigenvalue weighted by atomic mass is 79.9. The minimum Gasteiger partial charge on any atom is -0.410 e. The molecule has 0 aliphatic heterocycles. The lowest BCUT2D eigenvalue weighted by molar-refractivity contribution is 0.192. The molecule has 1 saturated carbocycles. The predicted molar refractivity (Wildman–Crippen MR) is 115 cm³/mol. The molecule has 5 heteroatoms. The van der Waals surface area contributed by atoms with E-state index in [-0.39, 0.29) is 6.09 Å². The first kappa shape index (κ1) is 22.2. The number of hydrogen-bond acceptors (Lipinski definition) is 3. The van der Waals surface area contributed by atoms with Crippen molar-refractivity contribution in [2.45, 2.75) is 58.8 Å². The van der Waals surface area contributed by atoms with Crippen LogP contribution in [-0.4, -0.2) is 37.2 Å². The molecule has 27 heavy (non-hydrogen) atoms. The van der Waals surface area contributed by atoms with Gasteiger partial charge in [0.25, 0.3) is 0 Å². The number of carbonyl (C=O) groups excluding carboxylic acids is 1. The third-order valence-electron chi connectivity index (χ3n) is 5.76. The van der Waals surface area contributed by atoms with E-state index in [2.05, 4.69) is 40.0 Å². The summed E-state index contributed by atoms with van der Waals surface area (Å²) < 4.78 is 6.28. The first-order valence-corrected chi connectivity index (χ1v) is 11.3. The Morgan fingerprint density at radius 3 is 2.33 bits per heavy atom. The molecule has 1 aliphatic carbocycles. The Bertz CT molecular complexity index is 538. The normalized spacial score (nSPS) is 19.9. The van der Waals surface area contributed by atoms with Gasteiger partial charge in [-0.25, -0.2) is 4.79 Å². The highest BCUT2D eigenvalue weighted by Crippen LogP contribution is 2.31. The molecule has 0 aromatic heterocycles. The largest absolute Gasteiger partial charge is 0.412 e. The first-order chi connectivity index (χ1) is 13.1. The smallest absolute Gasteiger partial charge is 0.410 e. The van der Waals surface area contributed by atoms with Gasteiger partial charge in [-0.15, -0.1) is 0 Å². The molecule has 0 atom stereocenters. The molecule has 0 heterocycles. The number of nitrogens with zero attached hydrogens (tertiary/aromatic N) is 1. The molecule has 0 unspecified atom stereocenters. The standard InChI is InChI=1S/C22H35BrN2O2/c1-3-25(4-2)16-6-5-7-18-8-10-19(11-9-18)17-24-22(26)27-21-14-12-20(23)13-15-21/h12-15,18-19H,3-11,16-17H2,1-2H3,(H,24,26). The molecule has 152 valence electrons. The van der Waals surface area contributed by atoms with Gasteiger partial charge < -0.3 is 15.0 Å². The molecule has 1 aromatic carbocycles. The molecule has 1 aliphatic rings. The molecule has 1 N–H and O–H groups in total. The average molecular weight is 439 g/mol. The molecule has 0 bridgehead atoms. The second kappa shape index (κ2) is 12.4. The molecule has 1 aromatic rings. The summed E-state index contributed by atoms with van der Waals surface area (Å²) in [5.41, 5.74) is 0. The van der Waals surface area contributed by atoms with Crippen LogP contribution >= 0.6 is 15.9 Å². The van der Waals surface area contributed by atoms with Crippen molar-refractivity contribution < 1.29 is 9.53 Å². The second-order valence-electron chi connectivity index (χ2n) is 7.63.